The molecule has 0 fully saturated rings. The number of carbonyl (C=O) groups is 1. The van der Waals surface area contributed by atoms with Crippen molar-refractivity contribution in [2.75, 3.05) is 52.3 Å². The van der Waals surface area contributed by atoms with Crippen molar-refractivity contribution in [2.45, 2.75) is 45.4 Å². The number of carbonyl (C=O) groups excluding carboxylic acids is 1. The van der Waals surface area contributed by atoms with E-state index in [4.69, 9.17) is 5.73 Å². The van der Waals surface area contributed by atoms with Crippen molar-refractivity contribution in [1.82, 2.24) is 9.80 Å². The quantitative estimate of drug-likeness (QED) is 0.603. The maximum Gasteiger partial charge on any atom is 0.221 e. The molecule has 2 unspecified atom stereocenters. The van der Waals surface area contributed by atoms with Crippen molar-refractivity contribution in [1.29, 1.82) is 0 Å². The van der Waals surface area contributed by atoms with Crippen LogP contribution in [-0.4, -0.2) is 57.0 Å². The minimum absolute atomic E-state index is 0. The topological polar surface area (TPSA) is 61.6 Å². The molecule has 0 bridgehead atoms. The van der Waals surface area contributed by atoms with Gasteiger partial charge >= 0.3 is 0 Å². The third kappa shape index (κ3) is 8.61. The lowest BCUT2D eigenvalue weighted by atomic mass is 9.83. The molecule has 0 radical (unpaired) electrons. The summed E-state index contributed by atoms with van der Waals surface area (Å²) in [4.78, 5) is 15.6. The first kappa shape index (κ1) is 28.2. The van der Waals surface area contributed by atoms with Gasteiger partial charge in [0.25, 0.3) is 0 Å². The molecule has 0 heterocycles. The minimum Gasteiger partial charge on any atom is -0.399 e. The van der Waals surface area contributed by atoms with Gasteiger partial charge in [0.2, 0.25) is 5.91 Å². The molecule has 2 atom stereocenters. The van der Waals surface area contributed by atoms with E-state index >= 15 is 0 Å². The Labute approximate surface area is 212 Å². The van der Waals surface area contributed by atoms with Gasteiger partial charge in [0.1, 0.15) is 0 Å². The highest BCUT2D eigenvalue weighted by molar-refractivity contribution is 5.88. The van der Waals surface area contributed by atoms with Gasteiger partial charge in [-0.2, -0.15) is 0 Å². The Morgan fingerprint density at radius 1 is 0.853 bits per heavy atom. The lowest BCUT2D eigenvalue weighted by Gasteiger charge is -2.27. The van der Waals surface area contributed by atoms with Crippen molar-refractivity contribution in [3.8, 4) is 0 Å². The van der Waals surface area contributed by atoms with Crippen LogP contribution in [0.3, 0.4) is 0 Å². The van der Waals surface area contributed by atoms with E-state index in [9.17, 15) is 4.79 Å². The summed E-state index contributed by atoms with van der Waals surface area (Å²) in [5, 5.41) is 2.85. The summed E-state index contributed by atoms with van der Waals surface area (Å²) in [5.74, 6) is 1.58. The Bertz CT molecular complexity index is 944. The molecule has 6 heteroatoms. The Hall–Kier alpha value is -2.08. The fourth-order valence-electron chi connectivity index (χ4n) is 5.31. The Morgan fingerprint density at radius 3 is 1.85 bits per heavy atom. The average Bonchev–Trinajstić information content (AvgIpc) is 2.73. The molecular formula is C28H43ClN4O. The smallest absolute Gasteiger partial charge is 0.221 e. The highest BCUT2D eigenvalue weighted by Crippen LogP contribution is 2.29. The van der Waals surface area contributed by atoms with Gasteiger partial charge in [-0.25, -0.2) is 0 Å². The Morgan fingerprint density at radius 2 is 1.35 bits per heavy atom. The lowest BCUT2D eigenvalue weighted by molar-refractivity contribution is -0.114. The number of hydrogen-bond donors (Lipinski definition) is 2. The third-order valence-electron chi connectivity index (χ3n) is 6.66. The number of nitrogens with zero attached hydrogens (tertiary/aromatic N) is 2. The molecule has 0 aromatic heterocycles. The summed E-state index contributed by atoms with van der Waals surface area (Å²) in [6, 6.07) is 12.7. The van der Waals surface area contributed by atoms with Gasteiger partial charge in [-0.15, -0.1) is 12.4 Å². The molecule has 1 amide bonds. The number of aryl methyl sites for hydroxylation is 2. The van der Waals surface area contributed by atoms with Crippen LogP contribution in [0.4, 0.5) is 11.4 Å². The molecule has 2 aromatic rings. The molecule has 2 aliphatic carbocycles. The summed E-state index contributed by atoms with van der Waals surface area (Å²) < 4.78 is 0. The summed E-state index contributed by atoms with van der Waals surface area (Å²) in [7, 11) is 8.57. The van der Waals surface area contributed by atoms with Gasteiger partial charge < -0.3 is 20.9 Å². The number of rotatable bonds is 5. The summed E-state index contributed by atoms with van der Waals surface area (Å²) in [6.07, 6.45) is 7.24. The van der Waals surface area contributed by atoms with Gasteiger partial charge in [-0.05, 0) is 125 Å². The Balaban J connectivity index is 0.000000237. The second-order valence-corrected chi connectivity index (χ2v) is 10.4. The summed E-state index contributed by atoms with van der Waals surface area (Å²) >= 11 is 0. The first-order valence-electron chi connectivity index (χ1n) is 12.3. The molecule has 0 saturated carbocycles. The highest BCUT2D eigenvalue weighted by atomic mass is 35.5. The molecule has 5 nitrogen and oxygen atoms in total. The van der Waals surface area contributed by atoms with Crippen LogP contribution in [-0.2, 0) is 30.5 Å². The minimum atomic E-state index is -0.00348. The van der Waals surface area contributed by atoms with Gasteiger partial charge in [-0.1, -0.05) is 12.1 Å². The van der Waals surface area contributed by atoms with Crippen LogP contribution in [0.25, 0.3) is 0 Å². The number of nitrogens with two attached hydrogens (primary N) is 1. The molecule has 0 aliphatic heterocycles. The van der Waals surface area contributed by atoms with Gasteiger partial charge in [0.15, 0.2) is 0 Å². The van der Waals surface area contributed by atoms with Crippen molar-refractivity contribution in [2.24, 2.45) is 11.8 Å². The van der Waals surface area contributed by atoms with Gasteiger partial charge in [0, 0.05) is 31.4 Å². The molecule has 2 aromatic carbocycles. The SMILES string of the molecule is CC(=O)Nc1ccc2c(c1)CCC(CN(C)C)C2.CN(C)CC1CCc2cc(N)ccc2C1.Cl. The molecule has 0 saturated heterocycles. The van der Waals surface area contributed by atoms with E-state index in [1.165, 1.54) is 54.5 Å². The highest BCUT2D eigenvalue weighted by Gasteiger charge is 2.20. The van der Waals surface area contributed by atoms with E-state index in [0.29, 0.717) is 0 Å². The van der Waals surface area contributed by atoms with E-state index in [1.54, 1.807) is 6.92 Å². The zero-order chi connectivity index (χ0) is 24.0. The normalized spacial score (nSPS) is 18.8. The van der Waals surface area contributed by atoms with E-state index in [0.717, 1.165) is 42.6 Å². The fourth-order valence-corrected chi connectivity index (χ4v) is 5.31. The molecule has 34 heavy (non-hydrogen) atoms. The second-order valence-electron chi connectivity index (χ2n) is 10.4. The van der Waals surface area contributed by atoms with Crippen LogP contribution >= 0.6 is 12.4 Å². The predicted molar refractivity (Wildman–Crippen MR) is 147 cm³/mol. The maximum atomic E-state index is 11.0. The van der Waals surface area contributed by atoms with Crippen molar-refractivity contribution in [3.63, 3.8) is 0 Å². The molecular weight excluding hydrogens is 444 g/mol. The lowest BCUT2D eigenvalue weighted by Crippen LogP contribution is -2.26. The zero-order valence-electron chi connectivity index (χ0n) is 21.6. The van der Waals surface area contributed by atoms with Crippen molar-refractivity contribution < 1.29 is 4.79 Å². The van der Waals surface area contributed by atoms with Crippen LogP contribution in [0.1, 0.15) is 42.0 Å². The van der Waals surface area contributed by atoms with Crippen molar-refractivity contribution >= 4 is 29.7 Å². The molecule has 0 spiro atoms. The molecule has 188 valence electrons. The van der Waals surface area contributed by atoms with Crippen molar-refractivity contribution in [3.05, 3.63) is 58.7 Å². The molecule has 2 aliphatic rings. The van der Waals surface area contributed by atoms with Crippen LogP contribution in [0, 0.1) is 11.8 Å². The van der Waals surface area contributed by atoms with Gasteiger partial charge in [0.05, 0.1) is 0 Å². The number of anilines is 2. The Kier molecular flexibility index (Phi) is 10.9. The fraction of sp³-hybridized carbons (Fsp3) is 0.536. The first-order chi connectivity index (χ1) is 15.7. The number of benzene rings is 2. The molecule has 3 N–H and O–H groups in total. The average molecular weight is 487 g/mol. The van der Waals surface area contributed by atoms with E-state index in [2.05, 4.69) is 67.6 Å². The first-order valence-corrected chi connectivity index (χ1v) is 12.3. The van der Waals surface area contributed by atoms with E-state index in [-0.39, 0.29) is 18.3 Å². The van der Waals surface area contributed by atoms with Crippen LogP contribution < -0.4 is 11.1 Å². The largest absolute Gasteiger partial charge is 0.399 e. The van der Waals surface area contributed by atoms with Gasteiger partial charge in [-0.3, -0.25) is 4.79 Å². The predicted octanol–water partition coefficient (Wildman–Crippen LogP) is 4.67. The van der Waals surface area contributed by atoms with Crippen LogP contribution in [0.5, 0.6) is 0 Å². The monoisotopic (exact) mass is 486 g/mol. The number of nitrogen functional groups attached to an aromatic ring is 1. The number of amides is 1. The summed E-state index contributed by atoms with van der Waals surface area (Å²) in [5.41, 5.74) is 13.4. The molecule has 4 rings (SSSR count). The second kappa shape index (κ2) is 13.1. The summed E-state index contributed by atoms with van der Waals surface area (Å²) in [6.45, 7) is 3.91. The van der Waals surface area contributed by atoms with E-state index < -0.39 is 0 Å². The van der Waals surface area contributed by atoms with Crippen LogP contribution in [0.2, 0.25) is 0 Å². The number of hydrogen-bond acceptors (Lipinski definition) is 4. The third-order valence-corrected chi connectivity index (χ3v) is 6.66. The van der Waals surface area contributed by atoms with Crippen LogP contribution in [0.15, 0.2) is 36.4 Å². The standard InChI is InChI=1S/C15H22N2O.C13H20N2.ClH/c1-11(18)16-15-7-6-13-8-12(10-17(2)3)4-5-14(13)9-15;1-15(2)9-10-3-4-12-8-13(14)6-5-11(12)7-10;/h6-7,9,12H,4-5,8,10H2,1-3H3,(H,16,18);5-6,8,10H,3-4,7,9,14H2,1-2H3;1H. The zero-order valence-corrected chi connectivity index (χ0v) is 22.4. The maximum absolute atomic E-state index is 11.0. The number of halogens is 1. The number of nitrogens with one attached hydrogen (secondary N) is 1. The van der Waals surface area contributed by atoms with E-state index in [1.807, 2.05) is 12.1 Å². The number of fused-ring (bicyclic) bond motifs is 2.